The summed E-state index contributed by atoms with van der Waals surface area (Å²) in [4.78, 5) is 20.5. The second kappa shape index (κ2) is 9.00. The molecule has 1 unspecified atom stereocenters. The van der Waals surface area contributed by atoms with Crippen molar-refractivity contribution in [2.24, 2.45) is 5.92 Å². The van der Waals surface area contributed by atoms with Crippen molar-refractivity contribution in [3.05, 3.63) is 66.4 Å². The topological polar surface area (TPSA) is 71.8 Å². The lowest BCUT2D eigenvalue weighted by Gasteiger charge is -2.31. The Balaban J connectivity index is 1.25. The average Bonchev–Trinajstić information content (AvgIpc) is 3.43. The first-order valence-electron chi connectivity index (χ1n) is 10.8. The van der Waals surface area contributed by atoms with E-state index in [2.05, 4.69) is 10.2 Å². The third kappa shape index (κ3) is 4.31. The molecular weight excluding hydrogens is 422 g/mol. The third-order valence-electron chi connectivity index (χ3n) is 5.79. The van der Waals surface area contributed by atoms with Gasteiger partial charge in [-0.15, -0.1) is 5.10 Å². The van der Waals surface area contributed by atoms with Crippen molar-refractivity contribution in [2.75, 3.05) is 25.1 Å². The van der Waals surface area contributed by atoms with E-state index in [1.807, 2.05) is 65.3 Å². The molecule has 7 nitrogen and oxygen atoms in total. The average molecular weight is 448 g/mol. The number of imidazole rings is 1. The van der Waals surface area contributed by atoms with Gasteiger partial charge >= 0.3 is 0 Å². The second-order valence-electron chi connectivity index (χ2n) is 7.95. The van der Waals surface area contributed by atoms with E-state index in [0.717, 1.165) is 52.0 Å². The number of hydrogen-bond donors (Lipinski definition) is 1. The Labute approximate surface area is 190 Å². The number of benzene rings is 2. The second-order valence-corrected chi connectivity index (χ2v) is 8.89. The number of anilines is 1. The van der Waals surface area contributed by atoms with Crippen LogP contribution in [0.3, 0.4) is 0 Å². The van der Waals surface area contributed by atoms with Gasteiger partial charge in [-0.25, -0.2) is 9.50 Å². The first-order valence-corrected chi connectivity index (χ1v) is 11.6. The molecule has 0 saturated carbocycles. The van der Waals surface area contributed by atoms with Crippen LogP contribution in [0.4, 0.5) is 5.13 Å². The molecule has 3 heterocycles. The fraction of sp³-hybridized carbons (Fsp3) is 0.292. The Morgan fingerprint density at radius 2 is 2.00 bits per heavy atom. The normalized spacial score (nSPS) is 16.3. The van der Waals surface area contributed by atoms with E-state index in [4.69, 9.17) is 14.8 Å². The predicted molar refractivity (Wildman–Crippen MR) is 126 cm³/mol. The van der Waals surface area contributed by atoms with Crippen LogP contribution in [0.15, 0.2) is 60.8 Å². The van der Waals surface area contributed by atoms with E-state index in [1.54, 1.807) is 18.4 Å². The van der Waals surface area contributed by atoms with Crippen molar-refractivity contribution in [1.82, 2.24) is 19.9 Å². The van der Waals surface area contributed by atoms with Gasteiger partial charge in [0, 0.05) is 25.2 Å². The summed E-state index contributed by atoms with van der Waals surface area (Å²) in [5.41, 5.74) is 3.02. The monoisotopic (exact) mass is 447 g/mol. The lowest BCUT2D eigenvalue weighted by atomic mass is 9.97. The molecule has 5 rings (SSSR count). The summed E-state index contributed by atoms with van der Waals surface area (Å²) in [5, 5.41) is 8.74. The van der Waals surface area contributed by atoms with Gasteiger partial charge in [0.15, 0.2) is 0 Å². The highest BCUT2D eigenvalue weighted by Gasteiger charge is 2.27. The molecule has 0 radical (unpaired) electrons. The minimum atomic E-state index is -0.0291. The number of nitrogens with zero attached hydrogens (tertiary/aromatic N) is 4. The van der Waals surface area contributed by atoms with Crippen LogP contribution in [-0.4, -0.2) is 40.7 Å². The molecule has 1 amide bonds. The molecule has 1 saturated heterocycles. The largest absolute Gasteiger partial charge is 0.497 e. The van der Waals surface area contributed by atoms with Gasteiger partial charge in [0.2, 0.25) is 16.0 Å². The number of carbonyl (C=O) groups is 1. The molecule has 1 atom stereocenters. The van der Waals surface area contributed by atoms with Crippen LogP contribution in [0.5, 0.6) is 5.75 Å². The first-order chi connectivity index (χ1) is 15.7. The van der Waals surface area contributed by atoms with E-state index < -0.39 is 0 Å². The lowest BCUT2D eigenvalue weighted by Crippen LogP contribution is -2.43. The predicted octanol–water partition coefficient (Wildman–Crippen LogP) is 4.00. The number of piperidine rings is 1. The maximum Gasteiger partial charge on any atom is 0.225 e. The van der Waals surface area contributed by atoms with E-state index in [1.165, 1.54) is 0 Å². The summed E-state index contributed by atoms with van der Waals surface area (Å²) in [6, 6.07) is 17.9. The molecule has 1 fully saturated rings. The van der Waals surface area contributed by atoms with Gasteiger partial charge in [-0.1, -0.05) is 41.7 Å². The summed E-state index contributed by atoms with van der Waals surface area (Å²) in [7, 11) is 1.66. The van der Waals surface area contributed by atoms with Crippen LogP contribution in [0, 0.1) is 5.92 Å². The van der Waals surface area contributed by atoms with Crippen molar-refractivity contribution in [1.29, 1.82) is 0 Å². The Morgan fingerprint density at radius 1 is 1.19 bits per heavy atom. The van der Waals surface area contributed by atoms with Gasteiger partial charge in [0.05, 0.1) is 24.9 Å². The smallest absolute Gasteiger partial charge is 0.225 e. The van der Waals surface area contributed by atoms with E-state index in [0.29, 0.717) is 13.1 Å². The maximum absolute atomic E-state index is 12.7. The van der Waals surface area contributed by atoms with E-state index in [9.17, 15) is 4.79 Å². The van der Waals surface area contributed by atoms with Crippen molar-refractivity contribution < 1.29 is 9.53 Å². The van der Waals surface area contributed by atoms with Crippen LogP contribution in [0.2, 0.25) is 0 Å². The minimum Gasteiger partial charge on any atom is -0.497 e. The molecule has 2 aromatic heterocycles. The van der Waals surface area contributed by atoms with Crippen LogP contribution >= 0.6 is 11.3 Å². The number of amides is 1. The molecule has 1 aliphatic rings. The highest BCUT2D eigenvalue weighted by molar-refractivity contribution is 7.20. The van der Waals surface area contributed by atoms with Crippen LogP contribution in [-0.2, 0) is 11.3 Å². The lowest BCUT2D eigenvalue weighted by molar-refractivity contribution is -0.125. The van der Waals surface area contributed by atoms with Gasteiger partial charge in [-0.3, -0.25) is 4.79 Å². The number of rotatable bonds is 6. The molecule has 0 spiro atoms. The number of ether oxygens (including phenoxy) is 1. The molecule has 8 heteroatoms. The quantitative estimate of drug-likeness (QED) is 0.484. The fourth-order valence-corrected chi connectivity index (χ4v) is 4.93. The fourth-order valence-electron chi connectivity index (χ4n) is 4.01. The molecule has 2 aromatic carbocycles. The Kier molecular flexibility index (Phi) is 5.77. The summed E-state index contributed by atoms with van der Waals surface area (Å²) in [6.45, 7) is 2.16. The SMILES string of the molecule is COc1ccc(-c2cn3nc(N4CCCC(C(=O)NCc5ccccc5)C4)sc3n2)cc1. The molecule has 1 N–H and O–H groups in total. The summed E-state index contributed by atoms with van der Waals surface area (Å²) in [6.07, 6.45) is 3.83. The molecule has 32 heavy (non-hydrogen) atoms. The number of carbonyl (C=O) groups excluding carboxylic acids is 1. The highest BCUT2D eigenvalue weighted by atomic mass is 32.1. The number of nitrogens with one attached hydrogen (secondary N) is 1. The zero-order valence-corrected chi connectivity index (χ0v) is 18.7. The van der Waals surface area contributed by atoms with Crippen molar-refractivity contribution in [2.45, 2.75) is 19.4 Å². The molecule has 1 aliphatic heterocycles. The van der Waals surface area contributed by atoms with Gasteiger partial charge in [-0.2, -0.15) is 0 Å². The molecule has 0 bridgehead atoms. The van der Waals surface area contributed by atoms with Gasteiger partial charge in [-0.05, 0) is 42.7 Å². The number of methoxy groups -OCH3 is 1. The third-order valence-corrected chi connectivity index (χ3v) is 6.77. The summed E-state index contributed by atoms with van der Waals surface area (Å²) >= 11 is 1.56. The van der Waals surface area contributed by atoms with Crippen LogP contribution in [0.1, 0.15) is 18.4 Å². The van der Waals surface area contributed by atoms with Crippen molar-refractivity contribution in [3.8, 4) is 17.0 Å². The van der Waals surface area contributed by atoms with E-state index >= 15 is 0 Å². The molecule has 164 valence electrons. The molecular formula is C24H25N5O2S. The zero-order valence-electron chi connectivity index (χ0n) is 17.9. The van der Waals surface area contributed by atoms with Gasteiger partial charge in [0.25, 0.3) is 0 Å². The number of fused-ring (bicyclic) bond motifs is 1. The Bertz CT molecular complexity index is 1170. The minimum absolute atomic E-state index is 0.0291. The van der Waals surface area contributed by atoms with Gasteiger partial charge in [0.1, 0.15) is 5.75 Å². The molecule has 0 aliphatic carbocycles. The Morgan fingerprint density at radius 3 is 2.75 bits per heavy atom. The summed E-state index contributed by atoms with van der Waals surface area (Å²) in [5.74, 6) is 0.905. The number of aromatic nitrogens is 3. The number of hydrogen-bond acceptors (Lipinski definition) is 6. The van der Waals surface area contributed by atoms with E-state index in [-0.39, 0.29) is 11.8 Å². The van der Waals surface area contributed by atoms with Crippen LogP contribution in [0.25, 0.3) is 16.2 Å². The van der Waals surface area contributed by atoms with Crippen molar-refractivity contribution >= 4 is 27.3 Å². The van der Waals surface area contributed by atoms with Crippen LogP contribution < -0.4 is 15.0 Å². The standard InChI is InChI=1S/C24H25N5O2S/c1-31-20-11-9-18(10-12-20)21-16-29-23(26-21)32-24(27-29)28-13-5-8-19(15-28)22(30)25-14-17-6-3-2-4-7-17/h2-4,6-7,9-12,16,19H,5,8,13-15H2,1H3,(H,25,30). The maximum atomic E-state index is 12.7. The summed E-state index contributed by atoms with van der Waals surface area (Å²) < 4.78 is 7.06. The van der Waals surface area contributed by atoms with Crippen molar-refractivity contribution in [3.63, 3.8) is 0 Å². The Hall–Kier alpha value is -3.39. The highest BCUT2D eigenvalue weighted by Crippen LogP contribution is 2.30. The zero-order chi connectivity index (χ0) is 21.9. The first kappa shape index (κ1) is 20.5. The van der Waals surface area contributed by atoms with Gasteiger partial charge < -0.3 is 15.0 Å². The molecule has 4 aromatic rings.